The van der Waals surface area contributed by atoms with Crippen molar-refractivity contribution in [3.63, 3.8) is 0 Å². The zero-order chi connectivity index (χ0) is 23.0. The smallest absolute Gasteiger partial charge is 0.197 e. The molecule has 3 heteroatoms. The molecule has 5 saturated carbocycles. The summed E-state index contributed by atoms with van der Waals surface area (Å²) < 4.78 is 0. The van der Waals surface area contributed by atoms with Gasteiger partial charge >= 0.3 is 0 Å². The Morgan fingerprint density at radius 1 is 0.353 bits per heavy atom. The molecule has 0 aromatic rings. The van der Waals surface area contributed by atoms with Gasteiger partial charge in [0.1, 0.15) is 0 Å². The molecule has 0 aromatic heterocycles. The molecule has 5 fully saturated rings. The number of nitrogens with zero attached hydrogens (tertiary/aromatic N) is 3. The Hall–Kier alpha value is -0.730. The highest BCUT2D eigenvalue weighted by Crippen LogP contribution is 2.37. The summed E-state index contributed by atoms with van der Waals surface area (Å²) >= 11 is 0. The molecule has 0 heterocycles. The largest absolute Gasteiger partial charge is 0.337 e. The van der Waals surface area contributed by atoms with Gasteiger partial charge in [0, 0.05) is 24.2 Å². The molecular weight excluding hydrogens is 414 g/mol. The third-order valence-corrected chi connectivity index (χ3v) is 10.2. The number of hydrogen-bond acceptors (Lipinski definition) is 1. The normalized spacial score (nSPS) is 27.4. The van der Waals surface area contributed by atoms with E-state index in [2.05, 4.69) is 9.80 Å². The quantitative estimate of drug-likeness (QED) is 0.296. The van der Waals surface area contributed by atoms with Gasteiger partial charge in [-0.05, 0) is 64.2 Å². The summed E-state index contributed by atoms with van der Waals surface area (Å²) in [6.07, 6.45) is 35.7. The Morgan fingerprint density at radius 2 is 0.618 bits per heavy atom. The van der Waals surface area contributed by atoms with E-state index in [1.54, 1.807) is 5.96 Å². The lowest BCUT2D eigenvalue weighted by molar-refractivity contribution is 0.0911. The van der Waals surface area contributed by atoms with Crippen molar-refractivity contribution in [1.82, 2.24) is 9.80 Å². The summed E-state index contributed by atoms with van der Waals surface area (Å²) in [6.45, 7) is 0. The van der Waals surface area contributed by atoms with E-state index in [9.17, 15) is 0 Å². The summed E-state index contributed by atoms with van der Waals surface area (Å²) in [5.74, 6) is 1.55. The van der Waals surface area contributed by atoms with Crippen LogP contribution in [0.5, 0.6) is 0 Å². The van der Waals surface area contributed by atoms with Crippen molar-refractivity contribution >= 4 is 5.96 Å². The summed E-state index contributed by atoms with van der Waals surface area (Å²) in [7, 11) is 0. The summed E-state index contributed by atoms with van der Waals surface area (Å²) in [5.41, 5.74) is 0. The van der Waals surface area contributed by atoms with Crippen molar-refractivity contribution in [2.45, 2.75) is 191 Å². The van der Waals surface area contributed by atoms with Gasteiger partial charge in [0.05, 0.1) is 6.04 Å². The minimum absolute atomic E-state index is 0.591. The van der Waals surface area contributed by atoms with Crippen LogP contribution in [-0.4, -0.2) is 46.0 Å². The Morgan fingerprint density at radius 3 is 0.912 bits per heavy atom. The van der Waals surface area contributed by atoms with Crippen LogP contribution in [0.2, 0.25) is 0 Å². The average Bonchev–Trinajstić information content (AvgIpc) is 2.92. The molecule has 0 unspecified atom stereocenters. The summed E-state index contributed by atoms with van der Waals surface area (Å²) in [6, 6.07) is 3.62. The number of aliphatic imine (C=N–C) groups is 1. The molecule has 0 aromatic carbocycles. The predicted octanol–water partition coefficient (Wildman–Crippen LogP) is 8.61. The molecule has 5 aliphatic rings. The highest BCUT2D eigenvalue weighted by atomic mass is 15.4. The Balaban J connectivity index is 1.53. The number of guanidine groups is 1. The third-order valence-electron chi connectivity index (χ3n) is 10.2. The standard InChI is InChI=1S/C31H55N3/c1-6-16-26(17-7-1)32-31(33(27-18-8-2-9-19-27)28-20-10-3-11-21-28)34(29-22-12-4-13-23-29)30-24-14-5-15-25-30/h26-30H,1-25H2. The molecule has 0 atom stereocenters. The van der Waals surface area contributed by atoms with Crippen LogP contribution in [0.4, 0.5) is 0 Å². The summed E-state index contributed by atoms with van der Waals surface area (Å²) in [5, 5.41) is 0. The van der Waals surface area contributed by atoms with E-state index in [0.717, 1.165) is 24.2 Å². The molecule has 0 aliphatic heterocycles. The second kappa shape index (κ2) is 13.0. The summed E-state index contributed by atoms with van der Waals surface area (Å²) in [4.78, 5) is 12.0. The first-order valence-electron chi connectivity index (χ1n) is 16.0. The SMILES string of the molecule is C1CCC(N=C(N(C2CCCCC2)C2CCCCC2)N(C2CCCCC2)C2CCCCC2)CC1. The number of rotatable bonds is 5. The zero-order valence-electron chi connectivity index (χ0n) is 22.4. The minimum Gasteiger partial charge on any atom is -0.337 e. The van der Waals surface area contributed by atoms with E-state index in [1.807, 2.05) is 0 Å². The maximum absolute atomic E-state index is 5.91. The minimum atomic E-state index is 0.591. The van der Waals surface area contributed by atoms with Crippen LogP contribution in [0.15, 0.2) is 4.99 Å². The van der Waals surface area contributed by atoms with Gasteiger partial charge in [0.2, 0.25) is 0 Å². The van der Waals surface area contributed by atoms with Gasteiger partial charge in [-0.2, -0.15) is 0 Å². The van der Waals surface area contributed by atoms with E-state index >= 15 is 0 Å². The van der Waals surface area contributed by atoms with Crippen LogP contribution in [0.3, 0.4) is 0 Å². The Bertz CT molecular complexity index is 522. The molecular formula is C31H55N3. The van der Waals surface area contributed by atoms with E-state index in [0.29, 0.717) is 6.04 Å². The Labute approximate surface area is 211 Å². The van der Waals surface area contributed by atoms with E-state index < -0.39 is 0 Å². The van der Waals surface area contributed by atoms with Gasteiger partial charge in [0.15, 0.2) is 5.96 Å². The van der Waals surface area contributed by atoms with Gasteiger partial charge in [-0.3, -0.25) is 0 Å². The van der Waals surface area contributed by atoms with E-state index in [-0.39, 0.29) is 0 Å². The fourth-order valence-electron chi connectivity index (χ4n) is 8.33. The highest BCUT2D eigenvalue weighted by Gasteiger charge is 2.39. The van der Waals surface area contributed by atoms with E-state index in [4.69, 9.17) is 4.99 Å². The van der Waals surface area contributed by atoms with Crippen molar-refractivity contribution in [2.24, 2.45) is 4.99 Å². The fraction of sp³-hybridized carbons (Fsp3) is 0.968. The first-order valence-corrected chi connectivity index (χ1v) is 16.0. The highest BCUT2D eigenvalue weighted by molar-refractivity contribution is 5.82. The molecule has 5 rings (SSSR count). The van der Waals surface area contributed by atoms with Crippen LogP contribution in [-0.2, 0) is 0 Å². The second-order valence-electron chi connectivity index (χ2n) is 12.7. The van der Waals surface area contributed by atoms with Crippen LogP contribution in [0.1, 0.15) is 161 Å². The molecule has 0 N–H and O–H groups in total. The van der Waals surface area contributed by atoms with Gasteiger partial charge in [-0.15, -0.1) is 0 Å². The molecule has 0 amide bonds. The monoisotopic (exact) mass is 469 g/mol. The van der Waals surface area contributed by atoms with Crippen molar-refractivity contribution in [3.8, 4) is 0 Å². The average molecular weight is 470 g/mol. The predicted molar refractivity (Wildman–Crippen MR) is 145 cm³/mol. The molecule has 0 spiro atoms. The van der Waals surface area contributed by atoms with Crippen molar-refractivity contribution in [2.75, 3.05) is 0 Å². The molecule has 0 radical (unpaired) electrons. The van der Waals surface area contributed by atoms with E-state index in [1.165, 1.54) is 161 Å². The third kappa shape index (κ3) is 6.33. The van der Waals surface area contributed by atoms with Crippen molar-refractivity contribution in [3.05, 3.63) is 0 Å². The molecule has 5 aliphatic carbocycles. The van der Waals surface area contributed by atoms with Crippen molar-refractivity contribution in [1.29, 1.82) is 0 Å². The van der Waals surface area contributed by atoms with Crippen LogP contribution in [0, 0.1) is 0 Å². The zero-order valence-corrected chi connectivity index (χ0v) is 22.4. The van der Waals surface area contributed by atoms with Gasteiger partial charge in [-0.25, -0.2) is 4.99 Å². The maximum atomic E-state index is 5.91. The lowest BCUT2D eigenvalue weighted by atomic mass is 9.86. The topological polar surface area (TPSA) is 18.8 Å². The van der Waals surface area contributed by atoms with Gasteiger partial charge in [-0.1, -0.05) is 96.3 Å². The van der Waals surface area contributed by atoms with Crippen LogP contribution < -0.4 is 0 Å². The molecule has 0 bridgehead atoms. The van der Waals surface area contributed by atoms with Crippen molar-refractivity contribution < 1.29 is 0 Å². The van der Waals surface area contributed by atoms with Gasteiger partial charge in [0.25, 0.3) is 0 Å². The molecule has 0 saturated heterocycles. The number of hydrogen-bond donors (Lipinski definition) is 0. The first kappa shape index (κ1) is 24.9. The van der Waals surface area contributed by atoms with Crippen LogP contribution >= 0.6 is 0 Å². The lowest BCUT2D eigenvalue weighted by Crippen LogP contribution is -2.60. The molecule has 194 valence electrons. The molecule has 3 nitrogen and oxygen atoms in total. The second-order valence-corrected chi connectivity index (χ2v) is 12.7. The maximum Gasteiger partial charge on any atom is 0.197 e. The molecule has 34 heavy (non-hydrogen) atoms. The van der Waals surface area contributed by atoms with Gasteiger partial charge < -0.3 is 9.80 Å². The van der Waals surface area contributed by atoms with Crippen LogP contribution in [0.25, 0.3) is 0 Å². The Kier molecular flexibility index (Phi) is 9.54. The fourth-order valence-corrected chi connectivity index (χ4v) is 8.33. The first-order chi connectivity index (χ1) is 16.9. The lowest BCUT2D eigenvalue weighted by Gasteiger charge is -2.52.